The summed E-state index contributed by atoms with van der Waals surface area (Å²) in [5, 5.41) is 0. The average Bonchev–Trinajstić information content (AvgIpc) is 2.51. The van der Waals surface area contributed by atoms with E-state index in [1.165, 1.54) is 0 Å². The van der Waals surface area contributed by atoms with Gasteiger partial charge in [0.25, 0.3) is 0 Å². The third-order valence-corrected chi connectivity index (χ3v) is 3.69. The van der Waals surface area contributed by atoms with Crippen LogP contribution in [-0.4, -0.2) is 18.0 Å². The van der Waals surface area contributed by atoms with E-state index in [-0.39, 0.29) is 35.4 Å². The molecule has 1 aliphatic heterocycles. The van der Waals surface area contributed by atoms with Crippen LogP contribution in [0.4, 0.5) is 8.78 Å². The molecule has 0 amide bonds. The summed E-state index contributed by atoms with van der Waals surface area (Å²) < 4.78 is 31.8. The standard InChI is InChI=1S/C14H16F2O2/c1-7-8(2)18-9(3)13(7)14(17)10-4-11(15)6-12(16)5-10/h4-9,13H,1-3H3. The van der Waals surface area contributed by atoms with Crippen molar-refractivity contribution in [3.05, 3.63) is 35.4 Å². The summed E-state index contributed by atoms with van der Waals surface area (Å²) in [5.41, 5.74) is 0.0777. The molecule has 2 nitrogen and oxygen atoms in total. The number of hydrogen-bond acceptors (Lipinski definition) is 2. The highest BCUT2D eigenvalue weighted by molar-refractivity contribution is 5.98. The number of halogens is 2. The Hall–Kier alpha value is -1.29. The van der Waals surface area contributed by atoms with Gasteiger partial charge in [0.05, 0.1) is 18.1 Å². The molecule has 1 saturated heterocycles. The predicted molar refractivity (Wildman–Crippen MR) is 63.4 cm³/mol. The van der Waals surface area contributed by atoms with Crippen molar-refractivity contribution in [2.24, 2.45) is 11.8 Å². The molecule has 1 aliphatic rings. The van der Waals surface area contributed by atoms with Crippen LogP contribution in [0, 0.1) is 23.5 Å². The molecule has 4 unspecified atom stereocenters. The average molecular weight is 254 g/mol. The monoisotopic (exact) mass is 254 g/mol. The summed E-state index contributed by atoms with van der Waals surface area (Å²) in [6, 6.07) is 2.92. The zero-order valence-corrected chi connectivity index (χ0v) is 10.6. The minimum Gasteiger partial charge on any atom is -0.374 e. The number of ketones is 1. The molecule has 2 rings (SSSR count). The molecule has 0 radical (unpaired) electrons. The molecule has 18 heavy (non-hydrogen) atoms. The van der Waals surface area contributed by atoms with Crippen LogP contribution in [0.3, 0.4) is 0 Å². The third-order valence-electron chi connectivity index (χ3n) is 3.69. The van der Waals surface area contributed by atoms with E-state index >= 15 is 0 Å². The molecular weight excluding hydrogens is 238 g/mol. The lowest BCUT2D eigenvalue weighted by atomic mass is 9.83. The second-order valence-electron chi connectivity index (χ2n) is 4.95. The largest absolute Gasteiger partial charge is 0.374 e. The maximum atomic E-state index is 13.1. The lowest BCUT2D eigenvalue weighted by molar-refractivity contribution is 0.0491. The minimum absolute atomic E-state index is 0.0210. The van der Waals surface area contributed by atoms with Gasteiger partial charge in [-0.3, -0.25) is 4.79 Å². The maximum Gasteiger partial charge on any atom is 0.169 e. The zero-order chi connectivity index (χ0) is 13.4. The number of hydrogen-bond donors (Lipinski definition) is 0. The Morgan fingerprint density at radius 2 is 1.61 bits per heavy atom. The van der Waals surface area contributed by atoms with E-state index in [1.807, 2.05) is 20.8 Å². The first-order chi connectivity index (χ1) is 8.40. The number of ether oxygens (including phenoxy) is 1. The summed E-state index contributed by atoms with van der Waals surface area (Å²) in [4.78, 5) is 12.3. The zero-order valence-electron chi connectivity index (χ0n) is 10.6. The molecule has 4 atom stereocenters. The molecular formula is C14H16F2O2. The molecule has 0 saturated carbocycles. The van der Waals surface area contributed by atoms with Crippen LogP contribution < -0.4 is 0 Å². The molecule has 0 spiro atoms. The third kappa shape index (κ3) is 2.29. The fourth-order valence-corrected chi connectivity index (χ4v) is 2.61. The number of carbonyl (C=O) groups is 1. The van der Waals surface area contributed by atoms with Crippen molar-refractivity contribution in [3.63, 3.8) is 0 Å². The smallest absolute Gasteiger partial charge is 0.169 e. The molecule has 0 N–H and O–H groups in total. The summed E-state index contributed by atoms with van der Waals surface area (Å²) in [6.45, 7) is 5.64. The van der Waals surface area contributed by atoms with Crippen LogP contribution >= 0.6 is 0 Å². The minimum atomic E-state index is -0.731. The SMILES string of the molecule is CC1OC(C)C(C(=O)c2cc(F)cc(F)c2)C1C. The van der Waals surface area contributed by atoms with Gasteiger partial charge in [0.1, 0.15) is 11.6 Å². The van der Waals surface area contributed by atoms with E-state index in [9.17, 15) is 13.6 Å². The predicted octanol–water partition coefficient (Wildman–Crippen LogP) is 3.21. The van der Waals surface area contributed by atoms with Crippen LogP contribution in [0.15, 0.2) is 18.2 Å². The second kappa shape index (κ2) is 4.76. The Morgan fingerprint density at radius 3 is 2.06 bits per heavy atom. The number of carbonyl (C=O) groups excluding carboxylic acids is 1. The van der Waals surface area contributed by atoms with Gasteiger partial charge in [-0.05, 0) is 31.9 Å². The molecule has 1 aromatic carbocycles. The fraction of sp³-hybridized carbons (Fsp3) is 0.500. The van der Waals surface area contributed by atoms with Crippen molar-refractivity contribution in [2.75, 3.05) is 0 Å². The Bertz CT molecular complexity index is 453. The van der Waals surface area contributed by atoms with Gasteiger partial charge in [-0.2, -0.15) is 0 Å². The molecule has 4 heteroatoms. The van der Waals surface area contributed by atoms with Crippen LogP contribution in [0.1, 0.15) is 31.1 Å². The summed E-state index contributed by atoms with van der Waals surface area (Å²) >= 11 is 0. The van der Waals surface area contributed by atoms with Crippen molar-refractivity contribution >= 4 is 5.78 Å². The molecule has 1 aromatic rings. The molecule has 98 valence electrons. The molecule has 0 aromatic heterocycles. The second-order valence-corrected chi connectivity index (χ2v) is 4.95. The van der Waals surface area contributed by atoms with Crippen LogP contribution in [0.25, 0.3) is 0 Å². The van der Waals surface area contributed by atoms with Crippen molar-refractivity contribution < 1.29 is 18.3 Å². The Labute approximate surface area is 105 Å². The highest BCUT2D eigenvalue weighted by Gasteiger charge is 2.41. The Morgan fingerprint density at radius 1 is 1.06 bits per heavy atom. The first kappa shape index (κ1) is 13.1. The van der Waals surface area contributed by atoms with Gasteiger partial charge in [0.2, 0.25) is 0 Å². The lowest BCUT2D eigenvalue weighted by Crippen LogP contribution is -2.27. The molecule has 0 bridgehead atoms. The Kier molecular flexibility index (Phi) is 3.48. The van der Waals surface area contributed by atoms with E-state index in [2.05, 4.69) is 0 Å². The topological polar surface area (TPSA) is 26.3 Å². The first-order valence-electron chi connectivity index (χ1n) is 6.06. The molecule has 1 fully saturated rings. The van der Waals surface area contributed by atoms with Crippen LogP contribution in [0.5, 0.6) is 0 Å². The van der Waals surface area contributed by atoms with Crippen molar-refractivity contribution in [2.45, 2.75) is 33.0 Å². The van der Waals surface area contributed by atoms with Gasteiger partial charge in [-0.25, -0.2) is 8.78 Å². The van der Waals surface area contributed by atoms with Gasteiger partial charge in [0, 0.05) is 11.6 Å². The van der Waals surface area contributed by atoms with Crippen LogP contribution in [-0.2, 0) is 4.74 Å². The van der Waals surface area contributed by atoms with Crippen molar-refractivity contribution in [1.82, 2.24) is 0 Å². The van der Waals surface area contributed by atoms with E-state index < -0.39 is 11.6 Å². The highest BCUT2D eigenvalue weighted by atomic mass is 19.1. The van der Waals surface area contributed by atoms with Gasteiger partial charge in [0.15, 0.2) is 5.78 Å². The van der Waals surface area contributed by atoms with E-state index in [0.29, 0.717) is 0 Å². The van der Waals surface area contributed by atoms with Gasteiger partial charge in [-0.15, -0.1) is 0 Å². The molecule has 0 aliphatic carbocycles. The van der Waals surface area contributed by atoms with Crippen molar-refractivity contribution in [1.29, 1.82) is 0 Å². The highest BCUT2D eigenvalue weighted by Crippen LogP contribution is 2.34. The van der Waals surface area contributed by atoms with E-state index in [0.717, 1.165) is 18.2 Å². The number of rotatable bonds is 2. The van der Waals surface area contributed by atoms with Gasteiger partial charge < -0.3 is 4.74 Å². The number of benzene rings is 1. The van der Waals surface area contributed by atoms with Gasteiger partial charge in [-0.1, -0.05) is 6.92 Å². The summed E-state index contributed by atoms with van der Waals surface area (Å²) in [5.74, 6) is -2.02. The van der Waals surface area contributed by atoms with Gasteiger partial charge >= 0.3 is 0 Å². The Balaban J connectivity index is 2.31. The van der Waals surface area contributed by atoms with E-state index in [1.54, 1.807) is 0 Å². The fourth-order valence-electron chi connectivity index (χ4n) is 2.61. The normalized spacial score (nSPS) is 31.6. The first-order valence-corrected chi connectivity index (χ1v) is 6.06. The van der Waals surface area contributed by atoms with E-state index in [4.69, 9.17) is 4.74 Å². The lowest BCUT2D eigenvalue weighted by Gasteiger charge is -2.17. The quantitative estimate of drug-likeness (QED) is 0.757. The number of Topliss-reactive ketones (excluding diaryl/α,β-unsaturated/α-hetero) is 1. The maximum absolute atomic E-state index is 13.1. The van der Waals surface area contributed by atoms with Crippen LogP contribution in [0.2, 0.25) is 0 Å². The van der Waals surface area contributed by atoms with Crippen molar-refractivity contribution in [3.8, 4) is 0 Å². The summed E-state index contributed by atoms with van der Waals surface area (Å²) in [7, 11) is 0. The molecule has 1 heterocycles. The summed E-state index contributed by atoms with van der Waals surface area (Å²) in [6.07, 6.45) is -0.249.